The van der Waals surface area contributed by atoms with Gasteiger partial charge in [-0.1, -0.05) is 6.07 Å². The molecule has 2 unspecified atom stereocenters. The molecular formula is C28H29NO9. The summed E-state index contributed by atoms with van der Waals surface area (Å²) in [6.45, 7) is 3.03. The van der Waals surface area contributed by atoms with E-state index in [1.807, 2.05) is 0 Å². The second-order valence-corrected chi connectivity index (χ2v) is 8.94. The minimum atomic E-state index is -0.991. The number of phenolic OH excluding ortho intramolecular Hbond substituents is 2. The average molecular weight is 524 g/mol. The minimum Gasteiger partial charge on any atom is -0.507 e. The Morgan fingerprint density at radius 2 is 1.82 bits per heavy atom. The predicted molar refractivity (Wildman–Crippen MR) is 135 cm³/mol. The summed E-state index contributed by atoms with van der Waals surface area (Å²) >= 11 is 0. The van der Waals surface area contributed by atoms with Gasteiger partial charge in [-0.05, 0) is 26.0 Å². The molecule has 2 aromatic carbocycles. The summed E-state index contributed by atoms with van der Waals surface area (Å²) in [5.41, 5.74) is 1.82. The quantitative estimate of drug-likeness (QED) is 0.292. The highest BCUT2D eigenvalue weighted by atomic mass is 16.5. The maximum absolute atomic E-state index is 12.6. The van der Waals surface area contributed by atoms with Crippen LogP contribution in [0.5, 0.6) is 28.7 Å². The van der Waals surface area contributed by atoms with Crippen LogP contribution in [0.3, 0.4) is 0 Å². The van der Waals surface area contributed by atoms with Gasteiger partial charge in [0.2, 0.25) is 0 Å². The number of methoxy groups -OCH3 is 3. The van der Waals surface area contributed by atoms with Gasteiger partial charge in [0.25, 0.3) is 0 Å². The van der Waals surface area contributed by atoms with Gasteiger partial charge in [0.15, 0.2) is 5.78 Å². The summed E-state index contributed by atoms with van der Waals surface area (Å²) in [5.74, 6) is -2.25. The second-order valence-electron chi connectivity index (χ2n) is 8.94. The molecule has 10 nitrogen and oxygen atoms in total. The van der Waals surface area contributed by atoms with E-state index in [-0.39, 0.29) is 35.5 Å². The number of carbonyl (C=O) groups is 2. The van der Waals surface area contributed by atoms with Crippen molar-refractivity contribution in [3.05, 3.63) is 69.5 Å². The lowest BCUT2D eigenvalue weighted by molar-refractivity contribution is -0.140. The summed E-state index contributed by atoms with van der Waals surface area (Å²) in [5, 5.41) is 33.7. The van der Waals surface area contributed by atoms with Crippen LogP contribution in [0.4, 0.5) is 0 Å². The fourth-order valence-electron chi connectivity index (χ4n) is 4.79. The number of Topliss-reactive ketones (excluding diaryl/α,β-unsaturated/α-hetero) is 1. The van der Waals surface area contributed by atoms with Crippen molar-refractivity contribution in [1.82, 2.24) is 4.98 Å². The molecule has 38 heavy (non-hydrogen) atoms. The zero-order chi connectivity index (χ0) is 27.7. The fourth-order valence-corrected chi connectivity index (χ4v) is 4.79. The molecule has 0 spiro atoms. The molecule has 3 aromatic rings. The van der Waals surface area contributed by atoms with Crippen molar-refractivity contribution in [3.8, 4) is 28.7 Å². The van der Waals surface area contributed by atoms with Crippen molar-refractivity contribution in [1.29, 1.82) is 0 Å². The van der Waals surface area contributed by atoms with E-state index in [9.17, 15) is 24.9 Å². The lowest BCUT2D eigenvalue weighted by Crippen LogP contribution is -2.14. The van der Waals surface area contributed by atoms with Gasteiger partial charge in [-0.25, -0.2) is 0 Å². The van der Waals surface area contributed by atoms with Crippen LogP contribution in [0.15, 0.2) is 30.5 Å². The molecule has 0 aliphatic carbocycles. The van der Waals surface area contributed by atoms with Crippen LogP contribution in [0.25, 0.3) is 0 Å². The standard InChI is InChI=1S/C28H29NO9/c1-13-25(32)23-15(11-29-13)12-38-28(23)20-9-18(14(2)30)26(33)24(27(20)34)19(10-22(31)37-5)17-7-6-16(35-3)8-21(17)36-4/h6-9,11,19,28,32-34H,10,12H2,1-5H3. The van der Waals surface area contributed by atoms with E-state index in [1.165, 1.54) is 34.3 Å². The van der Waals surface area contributed by atoms with E-state index in [0.717, 1.165) is 0 Å². The number of hydrogen-bond acceptors (Lipinski definition) is 10. The van der Waals surface area contributed by atoms with Crippen LogP contribution in [0.1, 0.15) is 69.2 Å². The van der Waals surface area contributed by atoms with Crippen LogP contribution in [-0.2, 0) is 20.9 Å². The van der Waals surface area contributed by atoms with Gasteiger partial charge in [0.05, 0.1) is 45.6 Å². The largest absolute Gasteiger partial charge is 0.507 e. The Morgan fingerprint density at radius 3 is 2.45 bits per heavy atom. The highest BCUT2D eigenvalue weighted by Gasteiger charge is 2.37. The number of aryl methyl sites for hydroxylation is 1. The fraction of sp³-hybridized carbons (Fsp3) is 0.321. The number of aromatic nitrogens is 1. The number of nitrogens with zero attached hydrogens (tertiary/aromatic N) is 1. The third-order valence-electron chi connectivity index (χ3n) is 6.79. The molecule has 2 atom stereocenters. The Morgan fingerprint density at radius 1 is 1.08 bits per heavy atom. The molecule has 1 aliphatic heterocycles. The lowest BCUT2D eigenvalue weighted by Gasteiger charge is -2.25. The molecule has 1 aromatic heterocycles. The van der Waals surface area contributed by atoms with E-state index in [4.69, 9.17) is 18.9 Å². The van der Waals surface area contributed by atoms with Gasteiger partial charge < -0.3 is 34.3 Å². The molecule has 0 amide bonds. The Kier molecular flexibility index (Phi) is 7.45. The second kappa shape index (κ2) is 10.6. The number of esters is 1. The van der Waals surface area contributed by atoms with E-state index < -0.39 is 35.3 Å². The van der Waals surface area contributed by atoms with Crippen LogP contribution in [0.2, 0.25) is 0 Å². The number of aromatic hydroxyl groups is 3. The summed E-state index contributed by atoms with van der Waals surface area (Å²) in [7, 11) is 4.16. The first-order valence-corrected chi connectivity index (χ1v) is 11.8. The topological polar surface area (TPSA) is 145 Å². The van der Waals surface area contributed by atoms with E-state index >= 15 is 0 Å². The molecule has 1 aliphatic rings. The van der Waals surface area contributed by atoms with Crippen molar-refractivity contribution in [2.75, 3.05) is 21.3 Å². The molecule has 0 radical (unpaired) electrons. The van der Waals surface area contributed by atoms with Crippen LogP contribution >= 0.6 is 0 Å². The number of benzene rings is 2. The van der Waals surface area contributed by atoms with E-state index in [2.05, 4.69) is 4.98 Å². The Balaban J connectivity index is 2.01. The monoisotopic (exact) mass is 523 g/mol. The lowest BCUT2D eigenvalue weighted by atomic mass is 9.82. The molecule has 0 fully saturated rings. The molecule has 0 saturated heterocycles. The average Bonchev–Trinajstić information content (AvgIpc) is 3.34. The number of ether oxygens (including phenoxy) is 4. The zero-order valence-electron chi connectivity index (χ0n) is 21.7. The normalized spacial score (nSPS) is 15.0. The van der Waals surface area contributed by atoms with E-state index in [1.54, 1.807) is 31.3 Å². The molecule has 2 heterocycles. The van der Waals surface area contributed by atoms with Crippen LogP contribution in [-0.4, -0.2) is 53.4 Å². The number of phenols is 2. The van der Waals surface area contributed by atoms with Crippen LogP contribution in [0, 0.1) is 6.92 Å². The summed E-state index contributed by atoms with van der Waals surface area (Å²) < 4.78 is 21.7. The third-order valence-corrected chi connectivity index (χ3v) is 6.79. The molecule has 4 rings (SSSR count). The predicted octanol–water partition coefficient (Wildman–Crippen LogP) is 4.04. The summed E-state index contributed by atoms with van der Waals surface area (Å²) in [4.78, 5) is 29.3. The molecule has 3 N–H and O–H groups in total. The van der Waals surface area contributed by atoms with E-state index in [0.29, 0.717) is 33.9 Å². The highest BCUT2D eigenvalue weighted by Crippen LogP contribution is 2.51. The van der Waals surface area contributed by atoms with Crippen molar-refractivity contribution in [2.24, 2.45) is 0 Å². The number of rotatable bonds is 8. The number of carbonyl (C=O) groups excluding carboxylic acids is 2. The smallest absolute Gasteiger partial charge is 0.306 e. The number of hydrogen-bond donors (Lipinski definition) is 3. The van der Waals surface area contributed by atoms with Gasteiger partial charge in [0.1, 0.15) is 34.9 Å². The SMILES string of the molecule is COC(=O)CC(c1ccc(OC)cc1OC)c1c(O)c(C(C)=O)cc(C2OCc3cnc(C)c(O)c32)c1O. The molecule has 0 bridgehead atoms. The van der Waals surface area contributed by atoms with Gasteiger partial charge >= 0.3 is 5.97 Å². The maximum Gasteiger partial charge on any atom is 0.306 e. The Bertz CT molecular complexity index is 1420. The van der Waals surface area contributed by atoms with Gasteiger partial charge in [0, 0.05) is 46.0 Å². The van der Waals surface area contributed by atoms with Crippen molar-refractivity contribution < 1.29 is 43.9 Å². The first kappa shape index (κ1) is 26.7. The summed E-state index contributed by atoms with van der Waals surface area (Å²) in [6.07, 6.45) is 0.328. The first-order valence-electron chi connectivity index (χ1n) is 11.8. The Labute approximate surface area is 219 Å². The van der Waals surface area contributed by atoms with Gasteiger partial charge in [-0.3, -0.25) is 14.6 Å². The van der Waals surface area contributed by atoms with Crippen molar-refractivity contribution >= 4 is 11.8 Å². The first-order chi connectivity index (χ1) is 18.1. The van der Waals surface area contributed by atoms with Crippen molar-refractivity contribution in [3.63, 3.8) is 0 Å². The molecule has 0 saturated carbocycles. The van der Waals surface area contributed by atoms with Crippen molar-refractivity contribution in [2.45, 2.75) is 38.9 Å². The number of fused-ring (bicyclic) bond motifs is 1. The highest BCUT2D eigenvalue weighted by molar-refractivity contribution is 5.98. The number of pyridine rings is 1. The Hall–Kier alpha value is -4.31. The molecular weight excluding hydrogens is 494 g/mol. The third kappa shape index (κ3) is 4.58. The number of ketones is 1. The van der Waals surface area contributed by atoms with Gasteiger partial charge in [-0.2, -0.15) is 0 Å². The molecule has 10 heteroatoms. The minimum absolute atomic E-state index is 0.0797. The maximum atomic E-state index is 12.6. The zero-order valence-corrected chi connectivity index (χ0v) is 21.7. The molecule has 200 valence electrons. The van der Waals surface area contributed by atoms with Gasteiger partial charge in [-0.15, -0.1) is 0 Å². The van der Waals surface area contributed by atoms with Crippen LogP contribution < -0.4 is 9.47 Å². The summed E-state index contributed by atoms with van der Waals surface area (Å²) in [6, 6.07) is 6.24.